The highest BCUT2D eigenvalue weighted by molar-refractivity contribution is 6.02. The Kier molecular flexibility index (Phi) is 9.28. The molecule has 0 radical (unpaired) electrons. The van der Waals surface area contributed by atoms with Crippen LogP contribution in [0.15, 0.2) is 36.5 Å². The molecule has 4 heterocycles. The average molecular weight is 618 g/mol. The average Bonchev–Trinajstić information content (AvgIpc) is 3.60. The van der Waals surface area contributed by atoms with Crippen molar-refractivity contribution in [2.45, 2.75) is 114 Å². The van der Waals surface area contributed by atoms with Crippen LogP contribution in [0.1, 0.15) is 103 Å². The quantitative estimate of drug-likeness (QED) is 0.288. The molecule has 3 atom stereocenters. The summed E-state index contributed by atoms with van der Waals surface area (Å²) in [6.07, 6.45) is 9.06. The Hall–Kier alpha value is -3.70. The number of benzene rings is 1. The number of fused-ring (bicyclic) bond motifs is 2. The number of anilines is 2. The number of carbonyl (C=O) groups is 3. The number of nitrogens with zero attached hydrogens (tertiary/aromatic N) is 3. The molecule has 0 spiro atoms. The summed E-state index contributed by atoms with van der Waals surface area (Å²) in [6, 6.07) is 10.1. The second kappa shape index (κ2) is 13.3. The Bertz CT molecular complexity index is 1380. The highest BCUT2D eigenvalue weighted by Crippen LogP contribution is 2.39. The first-order chi connectivity index (χ1) is 21.6. The van der Waals surface area contributed by atoms with E-state index in [9.17, 15) is 19.5 Å². The number of primary amides is 1. The van der Waals surface area contributed by atoms with Crippen LogP contribution in [0.25, 0.3) is 0 Å². The summed E-state index contributed by atoms with van der Waals surface area (Å²) >= 11 is 0. The van der Waals surface area contributed by atoms with Crippen molar-refractivity contribution < 1.29 is 19.5 Å². The van der Waals surface area contributed by atoms with Crippen molar-refractivity contribution in [2.24, 2.45) is 5.73 Å². The van der Waals surface area contributed by atoms with E-state index in [2.05, 4.69) is 39.6 Å². The van der Waals surface area contributed by atoms with Crippen LogP contribution in [0.4, 0.5) is 11.5 Å². The van der Waals surface area contributed by atoms with Crippen molar-refractivity contribution in [3.63, 3.8) is 0 Å². The third kappa shape index (κ3) is 7.09. The zero-order valence-corrected chi connectivity index (χ0v) is 26.4. The second-order valence-electron chi connectivity index (χ2n) is 13.7. The molecule has 3 aliphatic heterocycles. The highest BCUT2D eigenvalue weighted by atomic mass is 16.3. The van der Waals surface area contributed by atoms with Crippen molar-refractivity contribution in [3.05, 3.63) is 53.2 Å². The molecule has 2 aromatic rings. The molecule has 2 bridgehead atoms. The normalized spacial score (nSPS) is 28.2. The zero-order chi connectivity index (χ0) is 31.7. The predicted molar refractivity (Wildman–Crippen MR) is 173 cm³/mol. The number of nitrogens with two attached hydrogens (primary N) is 1. The van der Waals surface area contributed by atoms with E-state index in [4.69, 9.17) is 10.7 Å². The number of nitrogens with one attached hydrogen (secondary N) is 3. The highest BCUT2D eigenvalue weighted by Gasteiger charge is 2.42. The number of pyridine rings is 1. The van der Waals surface area contributed by atoms with Gasteiger partial charge in [-0.1, -0.05) is 0 Å². The number of piperidine rings is 1. The number of aromatic nitrogens is 1. The van der Waals surface area contributed by atoms with Crippen molar-refractivity contribution in [2.75, 3.05) is 23.3 Å². The van der Waals surface area contributed by atoms with Crippen LogP contribution >= 0.6 is 0 Å². The lowest BCUT2D eigenvalue weighted by molar-refractivity contribution is 0.0922. The van der Waals surface area contributed by atoms with E-state index in [1.807, 2.05) is 12.1 Å². The second-order valence-corrected chi connectivity index (χ2v) is 13.7. The Labute approximate surface area is 265 Å². The number of aliphatic hydroxyl groups is 1. The fraction of sp³-hybridized carbons (Fsp3) is 0.588. The fourth-order valence-electron chi connectivity index (χ4n) is 7.71. The van der Waals surface area contributed by atoms with E-state index in [1.165, 1.54) is 0 Å². The number of hydrogen-bond acceptors (Lipinski definition) is 8. The van der Waals surface area contributed by atoms with Gasteiger partial charge in [-0.05, 0) is 102 Å². The number of hydrogen-bond donors (Lipinski definition) is 5. The lowest BCUT2D eigenvalue weighted by Crippen LogP contribution is -2.50. The molecule has 242 valence electrons. The number of rotatable bonds is 9. The molecule has 1 aliphatic carbocycles. The van der Waals surface area contributed by atoms with Crippen molar-refractivity contribution in [1.29, 1.82) is 0 Å². The van der Waals surface area contributed by atoms with Crippen molar-refractivity contribution >= 4 is 29.2 Å². The van der Waals surface area contributed by atoms with E-state index in [0.29, 0.717) is 41.3 Å². The standard InChI is InChI=1S/C34H47N7O4/c1-20(2)40-14-13-24(19-40)38-34(45)22-4-12-31(36-18-22)41-26-7-8-27(41)17-25(16-26)39-33(44)21-3-11-29(32(35)43)30(15-21)37-23-5-9-28(42)10-6-23/h3-4,11-12,15,18,20,23-28,37,42H,5-10,13-14,16-17,19H2,1-2H3,(H2,35,43)(H,38,45)(H,39,44). The molecule has 3 amide bonds. The Morgan fingerprint density at radius 3 is 2.16 bits per heavy atom. The maximum atomic E-state index is 13.4. The molecular formula is C34H47N7O4. The Morgan fingerprint density at radius 2 is 1.53 bits per heavy atom. The topological polar surface area (TPSA) is 153 Å². The minimum Gasteiger partial charge on any atom is -0.393 e. The molecule has 11 nitrogen and oxygen atoms in total. The molecule has 3 unspecified atom stereocenters. The zero-order valence-electron chi connectivity index (χ0n) is 26.4. The van der Waals surface area contributed by atoms with Gasteiger partial charge in [-0.25, -0.2) is 4.98 Å². The van der Waals surface area contributed by atoms with E-state index in [-0.39, 0.29) is 48.1 Å². The van der Waals surface area contributed by atoms with E-state index in [0.717, 1.165) is 63.9 Å². The van der Waals surface area contributed by atoms with E-state index in [1.54, 1.807) is 24.4 Å². The van der Waals surface area contributed by atoms with Crippen LogP contribution in [-0.2, 0) is 0 Å². The Balaban J connectivity index is 1.05. The summed E-state index contributed by atoms with van der Waals surface area (Å²) < 4.78 is 0. The maximum absolute atomic E-state index is 13.4. The third-order valence-electron chi connectivity index (χ3n) is 10.2. The smallest absolute Gasteiger partial charge is 0.253 e. The largest absolute Gasteiger partial charge is 0.393 e. The maximum Gasteiger partial charge on any atom is 0.253 e. The lowest BCUT2D eigenvalue weighted by atomic mass is 9.92. The van der Waals surface area contributed by atoms with E-state index >= 15 is 0 Å². The molecule has 1 saturated carbocycles. The van der Waals surface area contributed by atoms with Gasteiger partial charge in [0.05, 0.1) is 17.2 Å². The van der Waals surface area contributed by atoms with Crippen LogP contribution in [0.2, 0.25) is 0 Å². The van der Waals surface area contributed by atoms with Gasteiger partial charge in [-0.3, -0.25) is 19.3 Å². The summed E-state index contributed by atoms with van der Waals surface area (Å²) in [4.78, 5) is 47.8. The fourth-order valence-corrected chi connectivity index (χ4v) is 7.71. The summed E-state index contributed by atoms with van der Waals surface area (Å²) in [5, 5.41) is 19.7. The number of aliphatic hydroxyl groups excluding tert-OH is 1. The molecule has 3 saturated heterocycles. The first kappa shape index (κ1) is 31.3. The number of likely N-dealkylation sites (tertiary alicyclic amines) is 1. The van der Waals surface area contributed by atoms with Gasteiger partial charge in [0.2, 0.25) is 0 Å². The van der Waals surface area contributed by atoms with Crippen LogP contribution in [0, 0.1) is 0 Å². The first-order valence-corrected chi connectivity index (χ1v) is 16.6. The monoisotopic (exact) mass is 617 g/mol. The van der Waals surface area contributed by atoms with Crippen LogP contribution in [-0.4, -0.2) is 88.2 Å². The number of amides is 3. The predicted octanol–water partition coefficient (Wildman–Crippen LogP) is 3.04. The Morgan fingerprint density at radius 1 is 0.867 bits per heavy atom. The molecule has 6 rings (SSSR count). The molecule has 4 aliphatic rings. The first-order valence-electron chi connectivity index (χ1n) is 16.6. The van der Waals surface area contributed by atoms with Gasteiger partial charge in [0.25, 0.3) is 17.7 Å². The van der Waals surface area contributed by atoms with Gasteiger partial charge in [-0.2, -0.15) is 0 Å². The van der Waals surface area contributed by atoms with Gasteiger partial charge >= 0.3 is 0 Å². The minimum absolute atomic E-state index is 0.0279. The van der Waals surface area contributed by atoms with E-state index < -0.39 is 5.91 Å². The summed E-state index contributed by atoms with van der Waals surface area (Å²) in [6.45, 7) is 6.25. The van der Waals surface area contributed by atoms with Crippen molar-refractivity contribution in [1.82, 2.24) is 20.5 Å². The van der Waals surface area contributed by atoms with Gasteiger partial charge in [-0.15, -0.1) is 0 Å². The van der Waals surface area contributed by atoms with Crippen LogP contribution in [0.5, 0.6) is 0 Å². The number of carbonyl (C=O) groups excluding carboxylic acids is 3. The van der Waals surface area contributed by atoms with Gasteiger partial charge in [0, 0.05) is 66.8 Å². The van der Waals surface area contributed by atoms with Crippen molar-refractivity contribution in [3.8, 4) is 0 Å². The SMILES string of the molecule is CC(C)N1CCC(NC(=O)c2ccc(N3C4CCC3CC(NC(=O)c3ccc(C(N)=O)c(NC5CCC(O)CC5)c3)C4)nc2)C1. The molecule has 11 heteroatoms. The van der Waals surface area contributed by atoms with Gasteiger partial charge in [0.15, 0.2) is 0 Å². The molecule has 1 aromatic carbocycles. The molecular weight excluding hydrogens is 570 g/mol. The summed E-state index contributed by atoms with van der Waals surface area (Å²) in [5.41, 5.74) is 7.62. The summed E-state index contributed by atoms with van der Waals surface area (Å²) in [5.74, 6) is 0.0917. The van der Waals surface area contributed by atoms with Gasteiger partial charge in [0.1, 0.15) is 5.82 Å². The molecule has 6 N–H and O–H groups in total. The lowest BCUT2D eigenvalue weighted by Gasteiger charge is -2.40. The molecule has 45 heavy (non-hydrogen) atoms. The third-order valence-corrected chi connectivity index (χ3v) is 10.2. The summed E-state index contributed by atoms with van der Waals surface area (Å²) in [7, 11) is 0. The van der Waals surface area contributed by atoms with Crippen LogP contribution in [0.3, 0.4) is 0 Å². The van der Waals surface area contributed by atoms with Gasteiger partial charge < -0.3 is 31.7 Å². The minimum atomic E-state index is -0.543. The molecule has 4 fully saturated rings. The van der Waals surface area contributed by atoms with Crippen LogP contribution < -0.4 is 26.6 Å². The molecule has 1 aromatic heterocycles.